The summed E-state index contributed by atoms with van der Waals surface area (Å²) in [5.74, 6) is 0.589. The molecule has 0 bridgehead atoms. The van der Waals surface area contributed by atoms with Crippen molar-refractivity contribution in [3.8, 4) is 5.75 Å². The van der Waals surface area contributed by atoms with Crippen molar-refractivity contribution >= 4 is 5.91 Å². The molecule has 4 nitrogen and oxygen atoms in total. The molecule has 2 atom stereocenters. The molecule has 0 N–H and O–H groups in total. The highest BCUT2D eigenvalue weighted by molar-refractivity contribution is 5.78. The van der Waals surface area contributed by atoms with Gasteiger partial charge in [0, 0.05) is 31.7 Å². The van der Waals surface area contributed by atoms with Crippen molar-refractivity contribution in [1.29, 1.82) is 0 Å². The fourth-order valence-corrected chi connectivity index (χ4v) is 3.75. The van der Waals surface area contributed by atoms with Crippen LogP contribution in [0.15, 0.2) is 48.5 Å². The third-order valence-corrected chi connectivity index (χ3v) is 5.44. The number of nitrogens with zero attached hydrogens (tertiary/aromatic N) is 2. The minimum absolute atomic E-state index is 0.0201. The number of piperazine rings is 1. The Kier molecular flexibility index (Phi) is 6.68. The van der Waals surface area contributed by atoms with Crippen LogP contribution in [-0.2, 0) is 17.8 Å². The lowest BCUT2D eigenvalue weighted by atomic mass is 10.1. The molecule has 0 aromatic heterocycles. The molecule has 0 radical (unpaired) electrons. The summed E-state index contributed by atoms with van der Waals surface area (Å²) in [6.45, 7) is 8.55. The van der Waals surface area contributed by atoms with Gasteiger partial charge in [-0.15, -0.1) is 0 Å². The summed E-state index contributed by atoms with van der Waals surface area (Å²) in [5, 5.41) is 0. The van der Waals surface area contributed by atoms with Gasteiger partial charge in [-0.3, -0.25) is 9.69 Å². The number of rotatable bonds is 6. The van der Waals surface area contributed by atoms with Crippen LogP contribution in [0.1, 0.15) is 31.9 Å². The quantitative estimate of drug-likeness (QED) is 0.758. The lowest BCUT2D eigenvalue weighted by molar-refractivity contribution is -0.139. The van der Waals surface area contributed by atoms with Crippen LogP contribution in [0.4, 0.5) is 4.39 Å². The van der Waals surface area contributed by atoms with Crippen molar-refractivity contribution in [2.24, 2.45) is 0 Å². The molecule has 150 valence electrons. The number of hydrogen-bond acceptors (Lipinski definition) is 3. The Labute approximate surface area is 166 Å². The van der Waals surface area contributed by atoms with Gasteiger partial charge in [0.2, 0.25) is 0 Å². The maximum atomic E-state index is 13.1. The molecule has 5 heteroatoms. The first-order valence-corrected chi connectivity index (χ1v) is 9.96. The average Bonchev–Trinajstić information content (AvgIpc) is 2.70. The van der Waals surface area contributed by atoms with Crippen LogP contribution >= 0.6 is 0 Å². The van der Waals surface area contributed by atoms with Crippen molar-refractivity contribution < 1.29 is 13.9 Å². The Bertz CT molecular complexity index is 793. The fourth-order valence-electron chi connectivity index (χ4n) is 3.75. The van der Waals surface area contributed by atoms with Gasteiger partial charge in [-0.05, 0) is 49.6 Å². The van der Waals surface area contributed by atoms with E-state index in [-0.39, 0.29) is 30.4 Å². The van der Waals surface area contributed by atoms with Crippen molar-refractivity contribution in [2.45, 2.75) is 45.8 Å². The molecule has 1 amide bonds. The second-order valence-electron chi connectivity index (χ2n) is 7.55. The van der Waals surface area contributed by atoms with Gasteiger partial charge in [-0.25, -0.2) is 4.39 Å². The summed E-state index contributed by atoms with van der Waals surface area (Å²) in [4.78, 5) is 17.0. The Morgan fingerprint density at radius 1 is 1.07 bits per heavy atom. The fraction of sp³-hybridized carbons (Fsp3) is 0.435. The lowest BCUT2D eigenvalue weighted by Gasteiger charge is -2.44. The first-order valence-electron chi connectivity index (χ1n) is 9.96. The number of hydrogen-bond donors (Lipinski definition) is 0. The van der Waals surface area contributed by atoms with Crippen LogP contribution in [0.25, 0.3) is 0 Å². The largest absolute Gasteiger partial charge is 0.483 e. The predicted octanol–water partition coefficient (Wildman–Crippen LogP) is 3.89. The van der Waals surface area contributed by atoms with Crippen molar-refractivity contribution in [2.75, 3.05) is 19.7 Å². The Morgan fingerprint density at radius 2 is 1.79 bits per heavy atom. The van der Waals surface area contributed by atoms with E-state index < -0.39 is 0 Å². The standard InChI is InChI=1S/C23H29FN2O2/c1-4-20-7-5-6-8-22(20)28-16-23(27)26-14-17(2)25(13-18(26)3)15-19-9-11-21(24)12-10-19/h5-12,17-18H,4,13-16H2,1-3H3. The zero-order chi connectivity index (χ0) is 20.1. The maximum Gasteiger partial charge on any atom is 0.260 e. The minimum atomic E-state index is -0.217. The Balaban J connectivity index is 1.57. The second kappa shape index (κ2) is 9.20. The highest BCUT2D eigenvalue weighted by Crippen LogP contribution is 2.21. The molecular formula is C23H29FN2O2. The summed E-state index contributed by atoms with van der Waals surface area (Å²) < 4.78 is 18.9. The number of carbonyl (C=O) groups is 1. The molecule has 2 aromatic rings. The second-order valence-corrected chi connectivity index (χ2v) is 7.55. The van der Waals surface area contributed by atoms with Gasteiger partial charge in [0.25, 0.3) is 5.91 Å². The monoisotopic (exact) mass is 384 g/mol. The van der Waals surface area contributed by atoms with Crippen LogP contribution in [0.2, 0.25) is 0 Å². The number of carbonyl (C=O) groups excluding carboxylic acids is 1. The number of aryl methyl sites for hydroxylation is 1. The number of ether oxygens (including phenoxy) is 1. The van der Waals surface area contributed by atoms with Gasteiger partial charge < -0.3 is 9.64 Å². The molecule has 1 fully saturated rings. The molecule has 3 rings (SSSR count). The SMILES string of the molecule is CCc1ccccc1OCC(=O)N1CC(C)N(Cc2ccc(F)cc2)CC1C. The average molecular weight is 384 g/mol. The molecule has 2 unspecified atom stereocenters. The van der Waals surface area contributed by atoms with E-state index in [1.165, 1.54) is 12.1 Å². The third kappa shape index (κ3) is 4.90. The highest BCUT2D eigenvalue weighted by Gasteiger charge is 2.32. The summed E-state index contributed by atoms with van der Waals surface area (Å²) >= 11 is 0. The third-order valence-electron chi connectivity index (χ3n) is 5.44. The number of benzene rings is 2. The first kappa shape index (κ1) is 20.3. The van der Waals surface area contributed by atoms with Crippen LogP contribution in [0.3, 0.4) is 0 Å². The Morgan fingerprint density at radius 3 is 2.50 bits per heavy atom. The van der Waals surface area contributed by atoms with E-state index >= 15 is 0 Å². The topological polar surface area (TPSA) is 32.8 Å². The number of para-hydroxylation sites is 1. The molecule has 2 aromatic carbocycles. The van der Waals surface area contributed by atoms with E-state index in [9.17, 15) is 9.18 Å². The molecule has 0 aliphatic carbocycles. The summed E-state index contributed by atoms with van der Waals surface area (Å²) in [5.41, 5.74) is 2.19. The lowest BCUT2D eigenvalue weighted by Crippen LogP contribution is -2.58. The number of halogens is 1. The van der Waals surface area contributed by atoms with Crippen molar-refractivity contribution in [3.63, 3.8) is 0 Å². The van der Waals surface area contributed by atoms with E-state index in [1.807, 2.05) is 41.3 Å². The van der Waals surface area contributed by atoms with E-state index in [0.717, 1.165) is 36.4 Å². The van der Waals surface area contributed by atoms with Crippen LogP contribution in [-0.4, -0.2) is 47.5 Å². The Hall–Kier alpha value is -2.40. The van der Waals surface area contributed by atoms with Gasteiger partial charge in [-0.2, -0.15) is 0 Å². The summed E-state index contributed by atoms with van der Waals surface area (Å²) in [6.07, 6.45) is 0.875. The van der Waals surface area contributed by atoms with Gasteiger partial charge in [-0.1, -0.05) is 37.3 Å². The molecule has 28 heavy (non-hydrogen) atoms. The molecule has 0 saturated carbocycles. The van der Waals surface area contributed by atoms with E-state index in [4.69, 9.17) is 4.74 Å². The summed E-state index contributed by atoms with van der Waals surface area (Å²) in [6, 6.07) is 14.8. The van der Waals surface area contributed by atoms with E-state index in [2.05, 4.69) is 25.7 Å². The number of amides is 1. The zero-order valence-corrected chi connectivity index (χ0v) is 16.9. The van der Waals surface area contributed by atoms with Gasteiger partial charge in [0.15, 0.2) is 6.61 Å². The van der Waals surface area contributed by atoms with Crippen LogP contribution in [0.5, 0.6) is 5.75 Å². The molecule has 1 saturated heterocycles. The van der Waals surface area contributed by atoms with Gasteiger partial charge in [0.05, 0.1) is 0 Å². The van der Waals surface area contributed by atoms with Gasteiger partial charge in [0.1, 0.15) is 11.6 Å². The normalized spacial score (nSPS) is 20.2. The predicted molar refractivity (Wildman–Crippen MR) is 109 cm³/mol. The van der Waals surface area contributed by atoms with Crippen LogP contribution < -0.4 is 4.74 Å². The highest BCUT2D eigenvalue weighted by atomic mass is 19.1. The minimum Gasteiger partial charge on any atom is -0.483 e. The molecular weight excluding hydrogens is 355 g/mol. The van der Waals surface area contributed by atoms with Gasteiger partial charge >= 0.3 is 0 Å². The molecule has 1 aliphatic rings. The van der Waals surface area contributed by atoms with Crippen molar-refractivity contribution in [1.82, 2.24) is 9.80 Å². The van der Waals surface area contributed by atoms with Crippen molar-refractivity contribution in [3.05, 3.63) is 65.5 Å². The first-order chi connectivity index (χ1) is 13.5. The maximum absolute atomic E-state index is 13.1. The van der Waals surface area contributed by atoms with E-state index in [1.54, 1.807) is 0 Å². The van der Waals surface area contributed by atoms with E-state index in [0.29, 0.717) is 6.54 Å². The van der Waals surface area contributed by atoms with Crippen LogP contribution in [0, 0.1) is 5.82 Å². The molecule has 1 heterocycles. The molecule has 0 spiro atoms. The summed E-state index contributed by atoms with van der Waals surface area (Å²) in [7, 11) is 0. The molecule has 1 aliphatic heterocycles. The smallest absolute Gasteiger partial charge is 0.260 e. The zero-order valence-electron chi connectivity index (χ0n) is 16.9.